The van der Waals surface area contributed by atoms with Crippen molar-refractivity contribution in [2.24, 2.45) is 0 Å². The topological polar surface area (TPSA) is 103 Å². The normalized spacial score (nSPS) is 11.3. The molecule has 0 saturated carbocycles. The summed E-state index contributed by atoms with van der Waals surface area (Å²) in [5, 5.41) is 29.6. The van der Waals surface area contributed by atoms with Crippen LogP contribution in [0.4, 0.5) is 10.2 Å². The number of nitrogens with zero attached hydrogens (tertiary/aromatic N) is 1. The Balaban J connectivity index is 3.10. The van der Waals surface area contributed by atoms with Crippen LogP contribution in [0.3, 0.4) is 0 Å². The van der Waals surface area contributed by atoms with Crippen LogP contribution in [0.1, 0.15) is 17.3 Å². The van der Waals surface area contributed by atoms with Crippen molar-refractivity contribution in [3.8, 4) is 0 Å². The lowest BCUT2D eigenvalue weighted by Gasteiger charge is -2.27. The minimum atomic E-state index is -1.35. The molecule has 0 unspecified atom stereocenters. The summed E-state index contributed by atoms with van der Waals surface area (Å²) in [6.45, 7) is 0.618. The van der Waals surface area contributed by atoms with E-state index in [1.807, 2.05) is 0 Å². The molecule has 0 radical (unpaired) electrons. The van der Waals surface area contributed by atoms with Gasteiger partial charge in [-0.3, -0.25) is 0 Å². The number of rotatable bonds is 5. The molecule has 4 N–H and O–H groups in total. The molecule has 0 aliphatic rings. The van der Waals surface area contributed by atoms with Crippen LogP contribution in [-0.2, 0) is 0 Å². The second kappa shape index (κ2) is 5.07. The van der Waals surface area contributed by atoms with Gasteiger partial charge in [-0.15, -0.1) is 0 Å². The molecule has 0 spiro atoms. The molecule has 0 aliphatic carbocycles. The van der Waals surface area contributed by atoms with E-state index in [0.29, 0.717) is 0 Å². The Hall–Kier alpha value is -1.73. The highest BCUT2D eigenvalue weighted by molar-refractivity contribution is 5.93. The van der Waals surface area contributed by atoms with E-state index in [1.165, 1.54) is 6.92 Å². The number of nitrogens with one attached hydrogen (secondary N) is 1. The number of carbonyl (C=O) groups is 1. The molecule has 0 bridgehead atoms. The van der Waals surface area contributed by atoms with E-state index in [0.717, 1.165) is 12.3 Å². The largest absolute Gasteiger partial charge is 0.478 e. The molecule has 1 rings (SSSR count). The summed E-state index contributed by atoms with van der Waals surface area (Å²) in [5.41, 5.74) is -1.49. The van der Waals surface area contributed by atoms with Crippen molar-refractivity contribution >= 4 is 11.8 Å². The van der Waals surface area contributed by atoms with E-state index < -0.39 is 30.5 Å². The zero-order valence-corrected chi connectivity index (χ0v) is 9.14. The molecule has 1 aromatic rings. The van der Waals surface area contributed by atoms with Gasteiger partial charge in [-0.1, -0.05) is 0 Å². The summed E-state index contributed by atoms with van der Waals surface area (Å²) >= 11 is 0. The average Bonchev–Trinajstić information content (AvgIpc) is 2.31. The number of aliphatic hydroxyl groups excluding tert-OH is 2. The van der Waals surface area contributed by atoms with Gasteiger partial charge in [0.15, 0.2) is 0 Å². The Labute approximate surface area is 96.7 Å². The van der Waals surface area contributed by atoms with Crippen LogP contribution in [0.25, 0.3) is 0 Å². The highest BCUT2D eigenvalue weighted by Crippen LogP contribution is 2.18. The molecule has 0 fully saturated rings. The zero-order valence-electron chi connectivity index (χ0n) is 9.14. The second-order valence-electron chi connectivity index (χ2n) is 3.86. The number of anilines is 1. The van der Waals surface area contributed by atoms with Crippen LogP contribution in [-0.4, -0.2) is 45.0 Å². The van der Waals surface area contributed by atoms with Gasteiger partial charge in [0.25, 0.3) is 0 Å². The number of aromatic carboxylic acids is 1. The summed E-state index contributed by atoms with van der Waals surface area (Å²) in [6, 6.07) is 0.812. The molecule has 0 aliphatic heterocycles. The number of pyridine rings is 1. The van der Waals surface area contributed by atoms with Gasteiger partial charge < -0.3 is 20.6 Å². The van der Waals surface area contributed by atoms with E-state index in [1.54, 1.807) is 0 Å². The smallest absolute Gasteiger partial charge is 0.339 e. The fourth-order valence-electron chi connectivity index (χ4n) is 1.12. The number of aromatic nitrogens is 1. The molecule has 0 aromatic carbocycles. The van der Waals surface area contributed by atoms with Crippen LogP contribution in [0.15, 0.2) is 12.3 Å². The Morgan fingerprint density at radius 3 is 2.59 bits per heavy atom. The minimum Gasteiger partial charge on any atom is -0.478 e. The lowest BCUT2D eigenvalue weighted by molar-refractivity contribution is 0.0696. The van der Waals surface area contributed by atoms with E-state index in [9.17, 15) is 9.18 Å². The molecule has 0 amide bonds. The maximum absolute atomic E-state index is 12.9. The summed E-state index contributed by atoms with van der Waals surface area (Å²) < 4.78 is 12.9. The average molecular weight is 244 g/mol. The van der Waals surface area contributed by atoms with Crippen molar-refractivity contribution in [3.05, 3.63) is 23.6 Å². The van der Waals surface area contributed by atoms with E-state index in [4.69, 9.17) is 15.3 Å². The van der Waals surface area contributed by atoms with Crippen LogP contribution in [0.5, 0.6) is 0 Å². The maximum atomic E-state index is 12.9. The van der Waals surface area contributed by atoms with E-state index in [2.05, 4.69) is 10.3 Å². The SMILES string of the molecule is CC(CO)(CO)Nc1ncc(F)cc1C(=O)O. The van der Waals surface area contributed by atoms with Gasteiger partial charge in [-0.2, -0.15) is 0 Å². The third-order valence-electron chi connectivity index (χ3n) is 2.20. The molecule has 1 heterocycles. The second-order valence-corrected chi connectivity index (χ2v) is 3.86. The fourth-order valence-corrected chi connectivity index (χ4v) is 1.12. The standard InChI is InChI=1S/C10H13FN2O4/c1-10(4-14,5-15)13-8-7(9(16)17)2-6(11)3-12-8/h2-3,14-15H,4-5H2,1H3,(H,12,13)(H,16,17). The summed E-state index contributed by atoms with van der Waals surface area (Å²) in [6.07, 6.45) is 0.851. The highest BCUT2D eigenvalue weighted by Gasteiger charge is 2.25. The van der Waals surface area contributed by atoms with Gasteiger partial charge in [0.05, 0.1) is 24.9 Å². The van der Waals surface area contributed by atoms with Crippen molar-refractivity contribution in [2.45, 2.75) is 12.5 Å². The van der Waals surface area contributed by atoms with Crippen LogP contribution in [0, 0.1) is 5.82 Å². The maximum Gasteiger partial charge on any atom is 0.339 e. The molecular formula is C10H13FN2O4. The van der Waals surface area contributed by atoms with Gasteiger partial charge in [0.2, 0.25) is 0 Å². The van der Waals surface area contributed by atoms with Gasteiger partial charge in [0.1, 0.15) is 17.2 Å². The van der Waals surface area contributed by atoms with Crippen molar-refractivity contribution in [2.75, 3.05) is 18.5 Å². The number of carboxylic acids is 1. The highest BCUT2D eigenvalue weighted by atomic mass is 19.1. The summed E-state index contributed by atoms with van der Waals surface area (Å²) in [4.78, 5) is 14.5. The lowest BCUT2D eigenvalue weighted by Crippen LogP contribution is -2.43. The van der Waals surface area contributed by atoms with Crippen LogP contribution in [0.2, 0.25) is 0 Å². The quantitative estimate of drug-likeness (QED) is 0.584. The number of carboxylic acid groups (broad SMARTS) is 1. The molecule has 7 heteroatoms. The number of halogens is 1. The predicted molar refractivity (Wildman–Crippen MR) is 57.4 cm³/mol. The van der Waals surface area contributed by atoms with Crippen LogP contribution >= 0.6 is 0 Å². The number of hydrogen-bond donors (Lipinski definition) is 4. The van der Waals surface area contributed by atoms with Crippen molar-refractivity contribution < 1.29 is 24.5 Å². The zero-order chi connectivity index (χ0) is 13.1. The van der Waals surface area contributed by atoms with Crippen LogP contribution < -0.4 is 5.32 Å². The molecule has 1 aromatic heterocycles. The predicted octanol–water partition coefficient (Wildman–Crippen LogP) is 0.0741. The lowest BCUT2D eigenvalue weighted by atomic mass is 10.1. The minimum absolute atomic E-state index is 0.107. The molecule has 17 heavy (non-hydrogen) atoms. The van der Waals surface area contributed by atoms with E-state index in [-0.39, 0.29) is 11.4 Å². The van der Waals surface area contributed by atoms with E-state index >= 15 is 0 Å². The first-order valence-electron chi connectivity index (χ1n) is 4.80. The first-order valence-corrected chi connectivity index (χ1v) is 4.80. The summed E-state index contributed by atoms with van der Waals surface area (Å²) in [5.74, 6) is -2.23. The monoisotopic (exact) mass is 244 g/mol. The van der Waals surface area contributed by atoms with Crippen molar-refractivity contribution in [1.82, 2.24) is 4.98 Å². The number of hydrogen-bond acceptors (Lipinski definition) is 5. The molecule has 94 valence electrons. The third-order valence-corrected chi connectivity index (χ3v) is 2.20. The van der Waals surface area contributed by atoms with Gasteiger partial charge in [-0.05, 0) is 13.0 Å². The third kappa shape index (κ3) is 3.11. The molecular weight excluding hydrogens is 231 g/mol. The molecule has 0 atom stereocenters. The molecule has 0 saturated heterocycles. The first kappa shape index (κ1) is 13.3. The van der Waals surface area contributed by atoms with Crippen molar-refractivity contribution in [3.63, 3.8) is 0 Å². The number of aliphatic hydroxyl groups is 2. The van der Waals surface area contributed by atoms with Gasteiger partial charge >= 0.3 is 5.97 Å². The fraction of sp³-hybridized carbons (Fsp3) is 0.400. The van der Waals surface area contributed by atoms with Crippen molar-refractivity contribution in [1.29, 1.82) is 0 Å². The van der Waals surface area contributed by atoms with Gasteiger partial charge in [0, 0.05) is 0 Å². The molecule has 6 nitrogen and oxygen atoms in total. The first-order chi connectivity index (χ1) is 7.91. The Kier molecular flexibility index (Phi) is 3.97. The Morgan fingerprint density at radius 1 is 1.53 bits per heavy atom. The Bertz CT molecular complexity index is 421. The van der Waals surface area contributed by atoms with Gasteiger partial charge in [-0.25, -0.2) is 14.2 Å². The summed E-state index contributed by atoms with van der Waals surface area (Å²) in [7, 11) is 0. The Morgan fingerprint density at radius 2 is 2.12 bits per heavy atom.